The van der Waals surface area contributed by atoms with Gasteiger partial charge < -0.3 is 4.79 Å². The van der Waals surface area contributed by atoms with Gasteiger partial charge in [-0.25, -0.2) is 0 Å². The normalized spacial score (nSPS) is 22.3. The maximum atomic E-state index is 11.2. The molecule has 0 saturated heterocycles. The summed E-state index contributed by atoms with van der Waals surface area (Å²) in [5.74, 6) is 0.475. The molecule has 0 aromatic carbocycles. The van der Waals surface area contributed by atoms with Crippen LogP contribution in [-0.4, -0.2) is 11.3 Å². The smallest absolute Gasteiger partial charge is 0.127 e. The molecule has 2 nitrogen and oxygen atoms in total. The van der Waals surface area contributed by atoms with E-state index in [0.29, 0.717) is 5.92 Å². The summed E-state index contributed by atoms with van der Waals surface area (Å²) in [5, 5.41) is 0. The van der Waals surface area contributed by atoms with Gasteiger partial charge in [-0.3, -0.25) is 4.98 Å². The molecule has 0 amide bonds. The molecular weight excluding hydrogens is 210 g/mol. The molecule has 0 aliphatic heterocycles. The third-order valence-electron chi connectivity index (χ3n) is 3.60. The molecule has 1 heterocycles. The number of hydrogen-bond acceptors (Lipinski definition) is 2. The number of pyridine rings is 1. The van der Waals surface area contributed by atoms with E-state index >= 15 is 0 Å². The minimum Gasteiger partial charge on any atom is -0.303 e. The van der Waals surface area contributed by atoms with E-state index in [1.165, 1.54) is 0 Å². The molecule has 0 saturated carbocycles. The molecule has 92 valence electrons. The predicted molar refractivity (Wildman–Crippen MR) is 69.2 cm³/mol. The van der Waals surface area contributed by atoms with Crippen molar-refractivity contribution in [3.8, 4) is 0 Å². The van der Waals surface area contributed by atoms with Crippen molar-refractivity contribution in [2.45, 2.75) is 52.4 Å². The minimum atomic E-state index is 0.0301. The highest BCUT2D eigenvalue weighted by molar-refractivity contribution is 5.64. The first-order valence-electron chi connectivity index (χ1n) is 6.38. The topological polar surface area (TPSA) is 30.0 Å². The zero-order valence-corrected chi connectivity index (χ0v) is 11.2. The Kier molecular flexibility index (Phi) is 3.07. The molecule has 0 N–H and O–H groups in total. The van der Waals surface area contributed by atoms with Crippen molar-refractivity contribution in [3.63, 3.8) is 0 Å². The summed E-state index contributed by atoms with van der Waals surface area (Å²) in [7, 11) is 0. The van der Waals surface area contributed by atoms with Gasteiger partial charge in [0.15, 0.2) is 0 Å². The summed E-state index contributed by atoms with van der Waals surface area (Å²) in [6, 6.07) is 4.17. The zero-order chi connectivity index (χ0) is 12.6. The average Bonchev–Trinajstić information content (AvgIpc) is 2.25. The average molecular weight is 231 g/mol. The highest BCUT2D eigenvalue weighted by Crippen LogP contribution is 2.40. The summed E-state index contributed by atoms with van der Waals surface area (Å²) < 4.78 is 0. The quantitative estimate of drug-likeness (QED) is 0.730. The summed E-state index contributed by atoms with van der Waals surface area (Å²) in [5.41, 5.74) is 3.58. The molecule has 1 aromatic rings. The minimum absolute atomic E-state index is 0.0301. The van der Waals surface area contributed by atoms with E-state index in [2.05, 4.69) is 39.8 Å². The van der Waals surface area contributed by atoms with Crippen LogP contribution in [0.1, 0.15) is 62.9 Å². The van der Waals surface area contributed by atoms with Gasteiger partial charge in [0.25, 0.3) is 0 Å². The predicted octanol–water partition coefficient (Wildman–Crippen LogP) is 3.46. The lowest BCUT2D eigenvalue weighted by Gasteiger charge is -2.34. The fraction of sp³-hybridized carbons (Fsp3) is 0.600. The van der Waals surface area contributed by atoms with Gasteiger partial charge in [0.2, 0.25) is 0 Å². The number of aromatic nitrogens is 1. The van der Waals surface area contributed by atoms with Crippen molar-refractivity contribution in [2.75, 3.05) is 0 Å². The van der Waals surface area contributed by atoms with Crippen LogP contribution in [0.15, 0.2) is 12.1 Å². The lowest BCUT2D eigenvalue weighted by Crippen LogP contribution is -2.27. The maximum Gasteiger partial charge on any atom is 0.127 e. The fourth-order valence-corrected chi connectivity index (χ4v) is 2.68. The lowest BCUT2D eigenvalue weighted by molar-refractivity contribution is -0.109. The molecule has 1 unspecified atom stereocenters. The molecule has 0 radical (unpaired) electrons. The summed E-state index contributed by atoms with van der Waals surface area (Å²) in [4.78, 5) is 15.9. The molecule has 1 aliphatic carbocycles. The van der Waals surface area contributed by atoms with E-state index in [1.54, 1.807) is 0 Å². The Labute approximate surface area is 103 Å². The van der Waals surface area contributed by atoms with Crippen LogP contribution in [0.3, 0.4) is 0 Å². The fourth-order valence-electron chi connectivity index (χ4n) is 2.68. The number of hydrogen-bond donors (Lipinski definition) is 0. The molecule has 1 aliphatic rings. The Morgan fingerprint density at radius 1 is 1.41 bits per heavy atom. The summed E-state index contributed by atoms with van der Waals surface area (Å²) in [6.07, 6.45) is 3.00. The Morgan fingerprint density at radius 3 is 2.71 bits per heavy atom. The lowest BCUT2D eigenvalue weighted by atomic mass is 9.71. The monoisotopic (exact) mass is 231 g/mol. The van der Waals surface area contributed by atoms with Crippen molar-refractivity contribution in [1.82, 2.24) is 4.98 Å². The SMILES string of the molecule is CC(C)c1ccc2c(n1)CC(C)(C)CC2C=O. The van der Waals surface area contributed by atoms with Crippen molar-refractivity contribution < 1.29 is 4.79 Å². The van der Waals surface area contributed by atoms with E-state index in [-0.39, 0.29) is 11.3 Å². The summed E-state index contributed by atoms with van der Waals surface area (Å²) >= 11 is 0. The van der Waals surface area contributed by atoms with Crippen LogP contribution < -0.4 is 0 Å². The number of fused-ring (bicyclic) bond motifs is 1. The van der Waals surface area contributed by atoms with Gasteiger partial charge >= 0.3 is 0 Å². The first-order valence-corrected chi connectivity index (χ1v) is 6.38. The number of carbonyl (C=O) groups excluding carboxylic acids is 1. The van der Waals surface area contributed by atoms with Crippen molar-refractivity contribution in [3.05, 3.63) is 29.1 Å². The molecule has 1 atom stereocenters. The van der Waals surface area contributed by atoms with Crippen molar-refractivity contribution in [2.24, 2.45) is 5.41 Å². The largest absolute Gasteiger partial charge is 0.303 e. The van der Waals surface area contributed by atoms with Gasteiger partial charge in [-0.15, -0.1) is 0 Å². The molecule has 17 heavy (non-hydrogen) atoms. The van der Waals surface area contributed by atoms with Crippen molar-refractivity contribution >= 4 is 6.29 Å². The van der Waals surface area contributed by atoms with Crippen molar-refractivity contribution in [1.29, 1.82) is 0 Å². The Morgan fingerprint density at radius 2 is 2.12 bits per heavy atom. The van der Waals surface area contributed by atoms with Crippen LogP contribution in [0.4, 0.5) is 0 Å². The van der Waals surface area contributed by atoms with Gasteiger partial charge in [0, 0.05) is 17.3 Å². The first-order chi connectivity index (χ1) is 7.93. The molecular formula is C15H21NO. The van der Waals surface area contributed by atoms with E-state index in [1.807, 2.05) is 0 Å². The Hall–Kier alpha value is -1.18. The van der Waals surface area contributed by atoms with E-state index in [9.17, 15) is 4.79 Å². The molecule has 2 heteroatoms. The van der Waals surface area contributed by atoms with E-state index < -0.39 is 0 Å². The Bertz CT molecular complexity index is 435. The van der Waals surface area contributed by atoms with E-state index in [4.69, 9.17) is 4.98 Å². The second-order valence-electron chi connectivity index (χ2n) is 6.21. The molecule has 1 aromatic heterocycles. The van der Waals surface area contributed by atoms with Gasteiger partial charge in [0.1, 0.15) is 6.29 Å². The van der Waals surface area contributed by atoms with Crippen LogP contribution in [0.25, 0.3) is 0 Å². The van der Waals surface area contributed by atoms with Crippen LogP contribution in [0.2, 0.25) is 0 Å². The number of rotatable bonds is 2. The number of nitrogens with zero attached hydrogens (tertiary/aromatic N) is 1. The van der Waals surface area contributed by atoms with Crippen LogP contribution >= 0.6 is 0 Å². The van der Waals surface area contributed by atoms with E-state index in [0.717, 1.165) is 36.1 Å². The zero-order valence-electron chi connectivity index (χ0n) is 11.2. The van der Waals surface area contributed by atoms with Crippen LogP contribution in [-0.2, 0) is 11.2 Å². The highest BCUT2D eigenvalue weighted by Gasteiger charge is 2.33. The molecule has 2 rings (SSSR count). The molecule has 0 spiro atoms. The summed E-state index contributed by atoms with van der Waals surface area (Å²) in [6.45, 7) is 8.74. The standard InChI is InChI=1S/C15H21NO/c1-10(2)13-6-5-12-11(9-17)7-15(3,4)8-14(12)16-13/h5-6,9-11H,7-8H2,1-4H3. The third kappa shape index (κ3) is 2.41. The second-order valence-corrected chi connectivity index (χ2v) is 6.21. The third-order valence-corrected chi connectivity index (χ3v) is 3.60. The highest BCUT2D eigenvalue weighted by atomic mass is 16.1. The van der Waals surface area contributed by atoms with Crippen LogP contribution in [0.5, 0.6) is 0 Å². The van der Waals surface area contributed by atoms with Gasteiger partial charge in [-0.05, 0) is 35.8 Å². The molecule has 0 fully saturated rings. The maximum absolute atomic E-state index is 11.2. The first kappa shape index (κ1) is 12.3. The Balaban J connectivity index is 2.46. The number of aldehydes is 1. The van der Waals surface area contributed by atoms with Gasteiger partial charge in [-0.2, -0.15) is 0 Å². The van der Waals surface area contributed by atoms with Gasteiger partial charge in [0.05, 0.1) is 0 Å². The molecule has 0 bridgehead atoms. The number of carbonyl (C=O) groups is 1. The van der Waals surface area contributed by atoms with Gasteiger partial charge in [-0.1, -0.05) is 33.8 Å². The van der Waals surface area contributed by atoms with Crippen LogP contribution in [0, 0.1) is 5.41 Å². The second kappa shape index (κ2) is 4.25.